The number of rotatable bonds is 1. The molecule has 0 aromatic heterocycles. The topological polar surface area (TPSA) is 12.4 Å². The molecule has 1 aliphatic rings. The number of halogens is 1. The Morgan fingerprint density at radius 2 is 1.87 bits per heavy atom. The van der Waals surface area contributed by atoms with Gasteiger partial charge in [0.25, 0.3) is 0 Å². The molecule has 1 aromatic carbocycles. The lowest BCUT2D eigenvalue weighted by Crippen LogP contribution is -2.14. The Labute approximate surface area is 90.0 Å². The van der Waals surface area contributed by atoms with Crippen molar-refractivity contribution in [2.24, 2.45) is 4.99 Å². The molecule has 1 nitrogen and oxygen atoms in total. The van der Waals surface area contributed by atoms with Crippen LogP contribution in [0.5, 0.6) is 0 Å². The summed E-state index contributed by atoms with van der Waals surface area (Å²) in [4.78, 5) is 4.60. The number of aliphatic imine (C=N–C) groups is 1. The standard InChI is InChI=1S/C13H16FN/c1-10-4-2-3-5-13(10)15-12-8-6-11(14)7-9-12/h2-5,11H,6-9H2,1H3. The molecular weight excluding hydrogens is 189 g/mol. The van der Waals surface area contributed by atoms with Crippen molar-refractivity contribution in [2.75, 3.05) is 0 Å². The summed E-state index contributed by atoms with van der Waals surface area (Å²) in [6.45, 7) is 2.06. The third-order valence-corrected chi connectivity index (χ3v) is 2.89. The molecule has 0 spiro atoms. The van der Waals surface area contributed by atoms with Gasteiger partial charge in [-0.2, -0.15) is 0 Å². The van der Waals surface area contributed by atoms with E-state index in [0.29, 0.717) is 12.8 Å². The van der Waals surface area contributed by atoms with Gasteiger partial charge < -0.3 is 0 Å². The summed E-state index contributed by atoms with van der Waals surface area (Å²) >= 11 is 0. The van der Waals surface area contributed by atoms with Gasteiger partial charge >= 0.3 is 0 Å². The molecule has 2 heteroatoms. The molecule has 0 atom stereocenters. The molecule has 0 unspecified atom stereocenters. The summed E-state index contributed by atoms with van der Waals surface area (Å²) < 4.78 is 12.9. The summed E-state index contributed by atoms with van der Waals surface area (Å²) in [5.41, 5.74) is 3.37. The predicted molar refractivity (Wildman–Crippen MR) is 61.6 cm³/mol. The molecule has 1 aromatic rings. The summed E-state index contributed by atoms with van der Waals surface area (Å²) in [6.07, 6.45) is 2.31. The Morgan fingerprint density at radius 1 is 1.20 bits per heavy atom. The van der Waals surface area contributed by atoms with Crippen LogP contribution in [0, 0.1) is 6.92 Å². The first-order chi connectivity index (χ1) is 7.25. The van der Waals surface area contributed by atoms with E-state index in [9.17, 15) is 4.39 Å². The Morgan fingerprint density at radius 3 is 2.53 bits per heavy atom. The van der Waals surface area contributed by atoms with Crippen LogP contribution in [0.3, 0.4) is 0 Å². The fourth-order valence-electron chi connectivity index (χ4n) is 1.89. The predicted octanol–water partition coefficient (Wildman–Crippen LogP) is 3.98. The lowest BCUT2D eigenvalue weighted by Gasteiger charge is -2.16. The molecule has 0 bridgehead atoms. The molecule has 15 heavy (non-hydrogen) atoms. The van der Waals surface area contributed by atoms with Crippen LogP contribution in [-0.2, 0) is 0 Å². The number of para-hydroxylation sites is 1. The van der Waals surface area contributed by atoms with Crippen molar-refractivity contribution in [2.45, 2.75) is 38.8 Å². The van der Waals surface area contributed by atoms with E-state index in [1.165, 1.54) is 5.56 Å². The Balaban J connectivity index is 2.13. The van der Waals surface area contributed by atoms with Crippen LogP contribution in [0.25, 0.3) is 0 Å². The van der Waals surface area contributed by atoms with Gasteiger partial charge in [-0.25, -0.2) is 4.39 Å². The molecule has 0 aliphatic heterocycles. The van der Waals surface area contributed by atoms with Gasteiger partial charge in [0.1, 0.15) is 6.17 Å². The second-order valence-corrected chi connectivity index (χ2v) is 4.14. The highest BCUT2D eigenvalue weighted by molar-refractivity contribution is 5.87. The second kappa shape index (κ2) is 4.56. The van der Waals surface area contributed by atoms with Crippen LogP contribution in [-0.4, -0.2) is 11.9 Å². The minimum atomic E-state index is -0.610. The number of benzene rings is 1. The largest absolute Gasteiger partial charge is 0.258 e. The average molecular weight is 205 g/mol. The highest BCUT2D eigenvalue weighted by Crippen LogP contribution is 2.23. The van der Waals surface area contributed by atoms with Crippen LogP contribution in [0.2, 0.25) is 0 Å². The molecule has 0 amide bonds. The maximum Gasteiger partial charge on any atom is 0.101 e. The second-order valence-electron chi connectivity index (χ2n) is 4.14. The fraction of sp³-hybridized carbons (Fsp3) is 0.462. The highest BCUT2D eigenvalue weighted by Gasteiger charge is 2.16. The third kappa shape index (κ3) is 2.65. The zero-order valence-electron chi connectivity index (χ0n) is 9.04. The van der Waals surface area contributed by atoms with Crippen molar-refractivity contribution in [1.29, 1.82) is 0 Å². The van der Waals surface area contributed by atoms with Gasteiger partial charge in [-0.1, -0.05) is 18.2 Å². The van der Waals surface area contributed by atoms with Crippen molar-refractivity contribution < 1.29 is 4.39 Å². The molecule has 2 rings (SSSR count). The van der Waals surface area contributed by atoms with E-state index in [0.717, 1.165) is 24.2 Å². The van der Waals surface area contributed by atoms with E-state index in [1.54, 1.807) is 0 Å². The molecule has 1 aliphatic carbocycles. The molecular formula is C13H16FN. The van der Waals surface area contributed by atoms with Crippen LogP contribution in [0.1, 0.15) is 31.2 Å². The number of hydrogen-bond acceptors (Lipinski definition) is 1. The summed E-state index contributed by atoms with van der Waals surface area (Å²) in [6, 6.07) is 8.08. The maximum atomic E-state index is 12.9. The molecule has 1 fully saturated rings. The number of aryl methyl sites for hydroxylation is 1. The first-order valence-electron chi connectivity index (χ1n) is 5.52. The molecule has 0 heterocycles. The SMILES string of the molecule is Cc1ccccc1N=C1CCC(F)CC1. The summed E-state index contributed by atoms with van der Waals surface area (Å²) in [7, 11) is 0. The molecule has 0 saturated heterocycles. The van der Waals surface area contributed by atoms with E-state index in [2.05, 4.69) is 18.0 Å². The lowest BCUT2D eigenvalue weighted by molar-refractivity contribution is 0.292. The zero-order valence-corrected chi connectivity index (χ0v) is 9.04. The zero-order chi connectivity index (χ0) is 10.7. The average Bonchev–Trinajstić information content (AvgIpc) is 2.25. The molecule has 1 saturated carbocycles. The van der Waals surface area contributed by atoms with Crippen molar-refractivity contribution in [3.05, 3.63) is 29.8 Å². The van der Waals surface area contributed by atoms with E-state index < -0.39 is 6.17 Å². The van der Waals surface area contributed by atoms with Crippen LogP contribution < -0.4 is 0 Å². The normalized spacial score (nSPS) is 21.5. The fourth-order valence-corrected chi connectivity index (χ4v) is 1.89. The minimum absolute atomic E-state index is 0.610. The van der Waals surface area contributed by atoms with Crippen molar-refractivity contribution in [3.8, 4) is 0 Å². The van der Waals surface area contributed by atoms with E-state index in [1.807, 2.05) is 18.2 Å². The smallest absolute Gasteiger partial charge is 0.101 e. The maximum absolute atomic E-state index is 12.9. The van der Waals surface area contributed by atoms with Crippen LogP contribution in [0.15, 0.2) is 29.3 Å². The van der Waals surface area contributed by atoms with E-state index in [4.69, 9.17) is 0 Å². The summed E-state index contributed by atoms with van der Waals surface area (Å²) in [5, 5.41) is 0. The lowest BCUT2D eigenvalue weighted by atomic mass is 9.96. The van der Waals surface area contributed by atoms with E-state index in [-0.39, 0.29) is 0 Å². The van der Waals surface area contributed by atoms with Crippen LogP contribution >= 0.6 is 0 Å². The van der Waals surface area contributed by atoms with Crippen LogP contribution in [0.4, 0.5) is 10.1 Å². The molecule has 0 N–H and O–H groups in total. The highest BCUT2D eigenvalue weighted by atomic mass is 19.1. The van der Waals surface area contributed by atoms with Gasteiger partial charge in [0.05, 0.1) is 5.69 Å². The molecule has 0 radical (unpaired) electrons. The van der Waals surface area contributed by atoms with Crippen molar-refractivity contribution in [3.63, 3.8) is 0 Å². The molecule has 80 valence electrons. The number of hydrogen-bond donors (Lipinski definition) is 0. The first-order valence-corrected chi connectivity index (χ1v) is 5.52. The number of alkyl halides is 1. The van der Waals surface area contributed by atoms with Gasteiger partial charge in [0.2, 0.25) is 0 Å². The Bertz CT molecular complexity index is 361. The van der Waals surface area contributed by atoms with Gasteiger partial charge in [0, 0.05) is 5.71 Å². The Hall–Kier alpha value is -1.18. The van der Waals surface area contributed by atoms with Gasteiger partial charge in [-0.15, -0.1) is 0 Å². The quantitative estimate of drug-likeness (QED) is 0.657. The third-order valence-electron chi connectivity index (χ3n) is 2.89. The van der Waals surface area contributed by atoms with Crippen molar-refractivity contribution >= 4 is 11.4 Å². The number of nitrogens with zero attached hydrogens (tertiary/aromatic N) is 1. The van der Waals surface area contributed by atoms with Gasteiger partial charge in [-0.05, 0) is 44.2 Å². The Kier molecular flexibility index (Phi) is 3.14. The summed E-state index contributed by atoms with van der Waals surface area (Å²) in [5.74, 6) is 0. The van der Waals surface area contributed by atoms with E-state index >= 15 is 0 Å². The van der Waals surface area contributed by atoms with Crippen molar-refractivity contribution in [1.82, 2.24) is 0 Å². The monoisotopic (exact) mass is 205 g/mol. The minimum Gasteiger partial charge on any atom is -0.258 e. The van der Waals surface area contributed by atoms with Gasteiger partial charge in [-0.3, -0.25) is 4.99 Å². The first kappa shape index (κ1) is 10.3. The van der Waals surface area contributed by atoms with Gasteiger partial charge in [0.15, 0.2) is 0 Å².